The third-order valence-corrected chi connectivity index (χ3v) is 3.40. The molecule has 94 valence electrons. The van der Waals surface area contributed by atoms with Crippen LogP contribution in [0.3, 0.4) is 0 Å². The molecule has 0 amide bonds. The zero-order valence-electron chi connectivity index (χ0n) is 10.4. The third kappa shape index (κ3) is 2.83. The first-order valence-corrected chi connectivity index (χ1v) is 6.85. The van der Waals surface area contributed by atoms with E-state index in [0.29, 0.717) is 5.88 Å². The molecule has 1 aromatic heterocycles. The molecule has 3 nitrogen and oxygen atoms in total. The van der Waals surface area contributed by atoms with Crippen molar-refractivity contribution in [3.8, 4) is 11.6 Å². The summed E-state index contributed by atoms with van der Waals surface area (Å²) in [4.78, 5) is 5.40. The molecule has 2 rings (SSSR count). The first-order chi connectivity index (χ1) is 8.74. The maximum absolute atomic E-state index is 9.10. The molecule has 18 heavy (non-hydrogen) atoms. The lowest BCUT2D eigenvalue weighted by Crippen LogP contribution is -1.95. The number of aliphatic hydroxyl groups is 1. The minimum atomic E-state index is 0.000508. The highest BCUT2D eigenvalue weighted by molar-refractivity contribution is 7.98. The van der Waals surface area contributed by atoms with E-state index in [1.54, 1.807) is 17.8 Å². The predicted molar refractivity (Wildman–Crippen MR) is 73.2 cm³/mol. The second kappa shape index (κ2) is 5.89. The maximum atomic E-state index is 9.10. The number of thioether (sulfide) groups is 1. The van der Waals surface area contributed by atoms with Gasteiger partial charge in [-0.05, 0) is 36.9 Å². The molecule has 0 bridgehead atoms. The van der Waals surface area contributed by atoms with E-state index in [1.807, 2.05) is 43.5 Å². The number of hydrogen-bond acceptors (Lipinski definition) is 4. The maximum Gasteiger partial charge on any atom is 0.219 e. The summed E-state index contributed by atoms with van der Waals surface area (Å²) < 4.78 is 5.77. The van der Waals surface area contributed by atoms with Crippen molar-refractivity contribution < 1.29 is 9.84 Å². The van der Waals surface area contributed by atoms with Crippen LogP contribution in [0.2, 0.25) is 0 Å². The lowest BCUT2D eigenvalue weighted by molar-refractivity contribution is 0.280. The molecule has 0 saturated heterocycles. The van der Waals surface area contributed by atoms with Crippen LogP contribution < -0.4 is 4.74 Å². The summed E-state index contributed by atoms with van der Waals surface area (Å²) in [6.45, 7) is 1.86. The van der Waals surface area contributed by atoms with Crippen LogP contribution in [0.4, 0.5) is 0 Å². The predicted octanol–water partition coefficient (Wildman–Crippen LogP) is 3.40. The molecule has 2 aromatic rings. The number of aliphatic hydroxyl groups excluding tert-OH is 1. The molecule has 0 spiro atoms. The lowest BCUT2D eigenvalue weighted by Gasteiger charge is -2.10. The molecule has 0 aliphatic carbocycles. The van der Waals surface area contributed by atoms with Gasteiger partial charge in [-0.25, -0.2) is 4.98 Å². The van der Waals surface area contributed by atoms with Gasteiger partial charge in [-0.2, -0.15) is 0 Å². The van der Waals surface area contributed by atoms with Crippen molar-refractivity contribution in [3.63, 3.8) is 0 Å². The Morgan fingerprint density at radius 1 is 1.22 bits per heavy atom. The molecular formula is C14H15NO2S. The molecule has 4 heteroatoms. The van der Waals surface area contributed by atoms with Gasteiger partial charge < -0.3 is 9.84 Å². The number of para-hydroxylation sites is 1. The zero-order chi connectivity index (χ0) is 13.0. The van der Waals surface area contributed by atoms with Crippen molar-refractivity contribution in [3.05, 3.63) is 47.7 Å². The van der Waals surface area contributed by atoms with E-state index < -0.39 is 0 Å². The average molecular weight is 261 g/mol. The van der Waals surface area contributed by atoms with Gasteiger partial charge in [0.25, 0.3) is 0 Å². The van der Waals surface area contributed by atoms with Gasteiger partial charge in [-0.3, -0.25) is 0 Å². The van der Waals surface area contributed by atoms with E-state index in [9.17, 15) is 0 Å². The summed E-state index contributed by atoms with van der Waals surface area (Å²) in [5, 5.41) is 9.10. The molecular weight excluding hydrogens is 246 g/mol. The van der Waals surface area contributed by atoms with Gasteiger partial charge in [-0.1, -0.05) is 12.1 Å². The fraction of sp³-hybridized carbons (Fsp3) is 0.214. The Bertz CT molecular complexity index is 543. The number of aryl methyl sites for hydroxylation is 1. The van der Waals surface area contributed by atoms with Crippen LogP contribution in [0.25, 0.3) is 0 Å². The summed E-state index contributed by atoms with van der Waals surface area (Å²) in [5.74, 6) is 1.35. The number of benzene rings is 1. The number of ether oxygens (including phenoxy) is 1. The van der Waals surface area contributed by atoms with E-state index in [0.717, 1.165) is 21.9 Å². The van der Waals surface area contributed by atoms with Crippen molar-refractivity contribution >= 4 is 11.8 Å². The Balaban J connectivity index is 2.26. The zero-order valence-corrected chi connectivity index (χ0v) is 11.2. The summed E-state index contributed by atoms with van der Waals surface area (Å²) in [7, 11) is 0. The Morgan fingerprint density at radius 3 is 2.67 bits per heavy atom. The van der Waals surface area contributed by atoms with E-state index in [4.69, 9.17) is 9.84 Å². The second-order valence-electron chi connectivity index (χ2n) is 3.81. The Labute approximate surface area is 111 Å². The second-order valence-corrected chi connectivity index (χ2v) is 4.65. The van der Waals surface area contributed by atoms with Gasteiger partial charge in [0.2, 0.25) is 5.88 Å². The Hall–Kier alpha value is -1.52. The minimum absolute atomic E-state index is 0.000508. The van der Waals surface area contributed by atoms with E-state index >= 15 is 0 Å². The number of pyridine rings is 1. The van der Waals surface area contributed by atoms with Crippen LogP contribution in [0, 0.1) is 6.92 Å². The van der Waals surface area contributed by atoms with Crippen molar-refractivity contribution in [2.75, 3.05) is 6.26 Å². The van der Waals surface area contributed by atoms with Crippen LogP contribution in [0.1, 0.15) is 11.3 Å². The average Bonchev–Trinajstić information content (AvgIpc) is 2.39. The van der Waals surface area contributed by atoms with Crippen LogP contribution in [-0.4, -0.2) is 16.3 Å². The monoisotopic (exact) mass is 261 g/mol. The summed E-state index contributed by atoms with van der Waals surface area (Å²) in [6, 6.07) is 11.4. The Kier molecular flexibility index (Phi) is 4.23. The number of nitrogens with zero attached hydrogens (tertiary/aromatic N) is 1. The molecule has 1 aromatic carbocycles. The van der Waals surface area contributed by atoms with Crippen LogP contribution in [-0.2, 0) is 6.61 Å². The van der Waals surface area contributed by atoms with E-state index in [-0.39, 0.29) is 6.61 Å². The number of hydrogen-bond donors (Lipinski definition) is 1. The normalized spacial score (nSPS) is 10.4. The van der Waals surface area contributed by atoms with Gasteiger partial charge >= 0.3 is 0 Å². The highest BCUT2D eigenvalue weighted by atomic mass is 32.2. The fourth-order valence-electron chi connectivity index (χ4n) is 1.61. The lowest BCUT2D eigenvalue weighted by atomic mass is 10.2. The summed E-state index contributed by atoms with van der Waals surface area (Å²) >= 11 is 1.63. The SMILES string of the molecule is CSc1ccccc1Oc1ccc(CO)c(C)n1. The van der Waals surface area contributed by atoms with Gasteiger partial charge in [0, 0.05) is 16.7 Å². The summed E-state index contributed by atoms with van der Waals surface area (Å²) in [5.41, 5.74) is 1.61. The van der Waals surface area contributed by atoms with Gasteiger partial charge in [0.05, 0.1) is 6.61 Å². The van der Waals surface area contributed by atoms with Crippen molar-refractivity contribution in [2.45, 2.75) is 18.4 Å². The molecule has 1 N–H and O–H groups in total. The molecule has 0 saturated carbocycles. The Morgan fingerprint density at radius 2 is 2.00 bits per heavy atom. The first kappa shape index (κ1) is 12.9. The van der Waals surface area contributed by atoms with Crippen molar-refractivity contribution in [1.29, 1.82) is 0 Å². The molecule has 0 atom stereocenters. The third-order valence-electron chi connectivity index (χ3n) is 2.62. The number of aromatic nitrogens is 1. The molecule has 0 unspecified atom stereocenters. The largest absolute Gasteiger partial charge is 0.438 e. The van der Waals surface area contributed by atoms with Crippen LogP contribution in [0.5, 0.6) is 11.6 Å². The molecule has 0 radical (unpaired) electrons. The highest BCUT2D eigenvalue weighted by Gasteiger charge is 2.06. The van der Waals surface area contributed by atoms with Crippen molar-refractivity contribution in [2.24, 2.45) is 0 Å². The molecule has 1 heterocycles. The minimum Gasteiger partial charge on any atom is -0.438 e. The first-order valence-electron chi connectivity index (χ1n) is 5.63. The number of rotatable bonds is 4. The standard InChI is InChI=1S/C14H15NO2S/c1-10-11(9-16)7-8-14(15-10)17-12-5-3-4-6-13(12)18-2/h3-8,16H,9H2,1-2H3. The fourth-order valence-corrected chi connectivity index (χ4v) is 2.13. The molecule has 0 fully saturated rings. The van der Waals surface area contributed by atoms with E-state index in [1.165, 1.54) is 0 Å². The molecule has 0 aliphatic rings. The highest BCUT2D eigenvalue weighted by Crippen LogP contribution is 2.30. The molecule has 0 aliphatic heterocycles. The van der Waals surface area contributed by atoms with Gasteiger partial charge in [-0.15, -0.1) is 11.8 Å². The smallest absolute Gasteiger partial charge is 0.219 e. The quantitative estimate of drug-likeness (QED) is 0.857. The van der Waals surface area contributed by atoms with Gasteiger partial charge in [0.15, 0.2) is 0 Å². The van der Waals surface area contributed by atoms with Gasteiger partial charge in [0.1, 0.15) is 5.75 Å². The van der Waals surface area contributed by atoms with Crippen LogP contribution in [0.15, 0.2) is 41.3 Å². The topological polar surface area (TPSA) is 42.4 Å². The van der Waals surface area contributed by atoms with E-state index in [2.05, 4.69) is 4.98 Å². The van der Waals surface area contributed by atoms with Crippen molar-refractivity contribution in [1.82, 2.24) is 4.98 Å². The summed E-state index contributed by atoms with van der Waals surface area (Å²) in [6.07, 6.45) is 2.01. The van der Waals surface area contributed by atoms with Crippen LogP contribution >= 0.6 is 11.8 Å².